The third kappa shape index (κ3) is 3.88. The summed E-state index contributed by atoms with van der Waals surface area (Å²) in [5, 5.41) is 2.78. The molecule has 0 spiro atoms. The maximum atomic E-state index is 13.1. The number of para-hydroxylation sites is 2. The summed E-state index contributed by atoms with van der Waals surface area (Å²) >= 11 is 0. The second-order valence-electron chi connectivity index (χ2n) is 7.39. The number of carbonyl (C=O) groups is 1. The Labute approximate surface area is 186 Å². The number of hydrogen-bond acceptors (Lipinski definition) is 6. The number of hydrogen-bond donors (Lipinski definition) is 1. The van der Waals surface area contributed by atoms with Crippen LogP contribution in [0, 0.1) is 6.92 Å². The molecule has 32 heavy (non-hydrogen) atoms. The van der Waals surface area contributed by atoms with E-state index < -0.39 is 15.9 Å². The molecule has 0 saturated heterocycles. The van der Waals surface area contributed by atoms with Crippen LogP contribution < -0.4 is 19.5 Å². The first-order valence-corrected chi connectivity index (χ1v) is 11.2. The smallest absolute Gasteiger partial charge is 0.259 e. The van der Waals surface area contributed by atoms with Gasteiger partial charge in [-0.15, -0.1) is 0 Å². The molecule has 4 rings (SSSR count). The van der Waals surface area contributed by atoms with Gasteiger partial charge in [0.2, 0.25) is 10.0 Å². The number of anilines is 1. The van der Waals surface area contributed by atoms with Gasteiger partial charge >= 0.3 is 0 Å². The Bertz CT molecular complexity index is 1320. The van der Waals surface area contributed by atoms with E-state index in [-0.39, 0.29) is 22.0 Å². The van der Waals surface area contributed by atoms with Gasteiger partial charge in [-0.05, 0) is 42.8 Å². The summed E-state index contributed by atoms with van der Waals surface area (Å²) < 4.78 is 44.5. The Balaban J connectivity index is 1.91. The van der Waals surface area contributed by atoms with Crippen LogP contribution in [-0.4, -0.2) is 39.8 Å². The van der Waals surface area contributed by atoms with Crippen molar-refractivity contribution in [3.8, 4) is 28.7 Å². The fourth-order valence-electron chi connectivity index (χ4n) is 3.24. The summed E-state index contributed by atoms with van der Waals surface area (Å²) in [7, 11) is 0.343. The number of fused-ring (bicyclic) bond motifs is 2. The number of sulfonamides is 1. The van der Waals surface area contributed by atoms with Crippen molar-refractivity contribution in [2.45, 2.75) is 11.8 Å². The van der Waals surface area contributed by atoms with E-state index >= 15 is 0 Å². The molecule has 166 valence electrons. The van der Waals surface area contributed by atoms with Crippen LogP contribution >= 0.6 is 0 Å². The standard InChI is InChI=1S/C23H22N2O6S/c1-14-9-10-17-16(11-14)24-23(26)15-12-22(32(27,28)25(2)3)21(13-20(15)30-17)31-19-8-6-5-7-18(19)29-4/h5-13H,1-4H3,(H,24,26). The minimum absolute atomic E-state index is 0.00492. The molecule has 0 atom stereocenters. The second kappa shape index (κ2) is 8.18. The SMILES string of the molecule is COc1ccccc1Oc1cc2c(cc1S(=O)(=O)N(C)C)C(=O)Nc1cc(C)ccc1O2. The van der Waals surface area contributed by atoms with Crippen LogP contribution in [0.4, 0.5) is 5.69 Å². The van der Waals surface area contributed by atoms with Crippen molar-refractivity contribution in [1.29, 1.82) is 0 Å². The molecule has 1 heterocycles. The summed E-state index contributed by atoms with van der Waals surface area (Å²) in [6, 6.07) is 14.9. The Morgan fingerprint density at radius 1 is 0.938 bits per heavy atom. The van der Waals surface area contributed by atoms with Gasteiger partial charge in [0.15, 0.2) is 23.0 Å². The number of carbonyl (C=O) groups excluding carboxylic acids is 1. The molecular weight excluding hydrogens is 432 g/mol. The van der Waals surface area contributed by atoms with Gasteiger partial charge in [-0.3, -0.25) is 4.79 Å². The fraction of sp³-hybridized carbons (Fsp3) is 0.174. The molecule has 0 aliphatic carbocycles. The van der Waals surface area contributed by atoms with E-state index in [1.54, 1.807) is 36.4 Å². The molecule has 1 N–H and O–H groups in total. The number of aryl methyl sites for hydroxylation is 1. The predicted molar refractivity (Wildman–Crippen MR) is 120 cm³/mol. The Kier molecular flexibility index (Phi) is 5.53. The molecule has 0 unspecified atom stereocenters. The van der Waals surface area contributed by atoms with Gasteiger partial charge in [0.05, 0.1) is 18.4 Å². The molecule has 1 aliphatic heterocycles. The highest BCUT2D eigenvalue weighted by atomic mass is 32.2. The summed E-state index contributed by atoms with van der Waals surface area (Å²) in [5.41, 5.74) is 1.51. The third-order valence-corrected chi connectivity index (χ3v) is 6.78. The van der Waals surface area contributed by atoms with Gasteiger partial charge in [0.1, 0.15) is 10.6 Å². The number of nitrogens with one attached hydrogen (secondary N) is 1. The molecular formula is C23H22N2O6S. The van der Waals surface area contributed by atoms with Gasteiger partial charge in [0.25, 0.3) is 5.91 Å². The Morgan fingerprint density at radius 2 is 1.66 bits per heavy atom. The topological polar surface area (TPSA) is 94.2 Å². The quantitative estimate of drug-likeness (QED) is 0.614. The maximum Gasteiger partial charge on any atom is 0.259 e. The van der Waals surface area contributed by atoms with Crippen molar-refractivity contribution in [2.75, 3.05) is 26.5 Å². The van der Waals surface area contributed by atoms with Gasteiger partial charge in [-0.2, -0.15) is 0 Å². The summed E-state index contributed by atoms with van der Waals surface area (Å²) in [5.74, 6) is 0.880. The van der Waals surface area contributed by atoms with E-state index in [0.717, 1.165) is 9.87 Å². The molecule has 1 amide bonds. The van der Waals surface area contributed by atoms with E-state index in [0.29, 0.717) is 22.9 Å². The van der Waals surface area contributed by atoms with Crippen LogP contribution in [0.3, 0.4) is 0 Å². The maximum absolute atomic E-state index is 13.1. The van der Waals surface area contributed by atoms with E-state index in [2.05, 4.69) is 5.32 Å². The third-order valence-electron chi connectivity index (χ3n) is 4.94. The highest BCUT2D eigenvalue weighted by molar-refractivity contribution is 7.89. The number of nitrogens with zero attached hydrogens (tertiary/aromatic N) is 1. The second-order valence-corrected chi connectivity index (χ2v) is 9.51. The first-order chi connectivity index (χ1) is 15.2. The van der Waals surface area contributed by atoms with Gasteiger partial charge in [-0.1, -0.05) is 18.2 Å². The highest BCUT2D eigenvalue weighted by Gasteiger charge is 2.30. The van der Waals surface area contributed by atoms with Gasteiger partial charge < -0.3 is 19.5 Å². The first kappa shape index (κ1) is 21.7. The lowest BCUT2D eigenvalue weighted by Crippen LogP contribution is -2.23. The van der Waals surface area contributed by atoms with Crippen molar-refractivity contribution in [1.82, 2.24) is 4.31 Å². The van der Waals surface area contributed by atoms with Crippen LogP contribution in [0.5, 0.6) is 28.7 Å². The number of benzene rings is 3. The lowest BCUT2D eigenvalue weighted by molar-refractivity contribution is 0.102. The van der Waals surface area contributed by atoms with Crippen LogP contribution in [-0.2, 0) is 10.0 Å². The zero-order chi connectivity index (χ0) is 23.0. The van der Waals surface area contributed by atoms with Gasteiger partial charge in [-0.25, -0.2) is 12.7 Å². The zero-order valence-electron chi connectivity index (χ0n) is 18.0. The zero-order valence-corrected chi connectivity index (χ0v) is 18.8. The molecule has 3 aromatic carbocycles. The molecule has 0 saturated carbocycles. The molecule has 0 fully saturated rings. The minimum Gasteiger partial charge on any atom is -0.493 e. The molecule has 9 heteroatoms. The molecule has 0 aromatic heterocycles. The monoisotopic (exact) mass is 454 g/mol. The number of amides is 1. The Hall–Kier alpha value is -3.56. The van der Waals surface area contributed by atoms with E-state index in [4.69, 9.17) is 14.2 Å². The summed E-state index contributed by atoms with van der Waals surface area (Å²) in [6.07, 6.45) is 0. The largest absolute Gasteiger partial charge is 0.493 e. The van der Waals surface area contributed by atoms with Crippen molar-refractivity contribution in [2.24, 2.45) is 0 Å². The van der Waals surface area contributed by atoms with Crippen molar-refractivity contribution in [3.63, 3.8) is 0 Å². The van der Waals surface area contributed by atoms with E-state index in [9.17, 15) is 13.2 Å². The van der Waals surface area contributed by atoms with Crippen molar-refractivity contribution in [3.05, 3.63) is 65.7 Å². The number of ether oxygens (including phenoxy) is 3. The predicted octanol–water partition coefficient (Wildman–Crippen LogP) is 4.40. The van der Waals surface area contributed by atoms with Crippen LogP contribution in [0.2, 0.25) is 0 Å². The van der Waals surface area contributed by atoms with E-state index in [1.807, 2.05) is 13.0 Å². The fourth-order valence-corrected chi connectivity index (χ4v) is 4.26. The molecule has 0 bridgehead atoms. The highest BCUT2D eigenvalue weighted by Crippen LogP contribution is 2.43. The number of rotatable bonds is 5. The number of methoxy groups -OCH3 is 1. The van der Waals surface area contributed by atoms with Gasteiger partial charge in [0, 0.05) is 20.2 Å². The van der Waals surface area contributed by atoms with Crippen LogP contribution in [0.25, 0.3) is 0 Å². The molecule has 0 radical (unpaired) electrons. The Morgan fingerprint density at radius 3 is 2.34 bits per heavy atom. The normalized spacial score (nSPS) is 12.8. The molecule has 8 nitrogen and oxygen atoms in total. The summed E-state index contributed by atoms with van der Waals surface area (Å²) in [4.78, 5) is 12.8. The van der Waals surface area contributed by atoms with E-state index in [1.165, 1.54) is 33.3 Å². The minimum atomic E-state index is -3.96. The lowest BCUT2D eigenvalue weighted by Gasteiger charge is -2.18. The molecule has 1 aliphatic rings. The lowest BCUT2D eigenvalue weighted by atomic mass is 10.1. The van der Waals surface area contributed by atoms with Crippen molar-refractivity contribution < 1.29 is 27.4 Å². The molecule has 3 aromatic rings. The average Bonchev–Trinajstić information content (AvgIpc) is 2.88. The first-order valence-electron chi connectivity index (χ1n) is 9.72. The van der Waals surface area contributed by atoms with Crippen LogP contribution in [0.15, 0.2) is 59.5 Å². The van der Waals surface area contributed by atoms with Crippen molar-refractivity contribution >= 4 is 21.6 Å². The summed E-state index contributed by atoms with van der Waals surface area (Å²) in [6.45, 7) is 1.89. The van der Waals surface area contributed by atoms with Crippen LogP contribution in [0.1, 0.15) is 15.9 Å². The average molecular weight is 455 g/mol.